The third-order valence-electron chi connectivity index (χ3n) is 2.66. The number of thiophene rings is 1. The first-order valence-electron chi connectivity index (χ1n) is 5.31. The van der Waals surface area contributed by atoms with Gasteiger partial charge in [-0.05, 0) is 40.0 Å². The van der Waals surface area contributed by atoms with Gasteiger partial charge in [0.1, 0.15) is 0 Å². The molecule has 0 bridgehead atoms. The minimum atomic E-state index is -0.0482. The van der Waals surface area contributed by atoms with E-state index in [-0.39, 0.29) is 6.04 Å². The Hall–Kier alpha value is -0.350. The molecule has 1 nitrogen and oxygen atoms in total. The standard InChI is InChI=1S/C13H13BrClNS/c1-8-3-2-4-11(13(8)15)12(16)6-10-5-9(14)7-17-10/h2-5,7,12H,6,16H2,1H3. The van der Waals surface area contributed by atoms with Crippen LogP contribution in [0, 0.1) is 6.92 Å². The molecule has 0 fully saturated rings. The number of rotatable bonds is 3. The van der Waals surface area contributed by atoms with Gasteiger partial charge in [-0.3, -0.25) is 0 Å². The van der Waals surface area contributed by atoms with Crippen LogP contribution in [0.25, 0.3) is 0 Å². The van der Waals surface area contributed by atoms with E-state index >= 15 is 0 Å². The Morgan fingerprint density at radius 2 is 2.24 bits per heavy atom. The van der Waals surface area contributed by atoms with Crippen LogP contribution < -0.4 is 5.73 Å². The molecule has 1 heterocycles. The average molecular weight is 331 g/mol. The quantitative estimate of drug-likeness (QED) is 0.866. The fourth-order valence-electron chi connectivity index (χ4n) is 1.74. The first-order valence-corrected chi connectivity index (χ1v) is 7.36. The van der Waals surface area contributed by atoms with Gasteiger partial charge in [-0.2, -0.15) is 0 Å². The van der Waals surface area contributed by atoms with Gasteiger partial charge in [0, 0.05) is 32.2 Å². The molecular formula is C13H13BrClNS. The Bertz CT molecular complexity index is 524. The molecule has 0 amide bonds. The minimum absolute atomic E-state index is 0.0482. The molecule has 0 spiro atoms. The maximum Gasteiger partial charge on any atom is 0.0483 e. The third kappa shape index (κ3) is 3.10. The number of hydrogen-bond donors (Lipinski definition) is 1. The van der Waals surface area contributed by atoms with E-state index in [0.29, 0.717) is 0 Å². The Balaban J connectivity index is 2.20. The second-order valence-corrected chi connectivity index (χ2v) is 6.31. The summed E-state index contributed by atoms with van der Waals surface area (Å²) in [4.78, 5) is 1.27. The summed E-state index contributed by atoms with van der Waals surface area (Å²) in [5.41, 5.74) is 8.31. The first-order chi connectivity index (χ1) is 8.08. The molecule has 0 saturated carbocycles. The van der Waals surface area contributed by atoms with E-state index in [0.717, 1.165) is 27.0 Å². The molecule has 1 aromatic carbocycles. The fourth-order valence-corrected chi connectivity index (χ4v) is 3.52. The van der Waals surface area contributed by atoms with Crippen LogP contribution in [-0.2, 0) is 6.42 Å². The number of nitrogens with two attached hydrogens (primary N) is 1. The van der Waals surface area contributed by atoms with E-state index < -0.39 is 0 Å². The van der Waals surface area contributed by atoms with Crippen molar-refractivity contribution in [3.63, 3.8) is 0 Å². The van der Waals surface area contributed by atoms with E-state index in [4.69, 9.17) is 17.3 Å². The Kier molecular flexibility index (Phi) is 4.26. The van der Waals surface area contributed by atoms with E-state index in [1.807, 2.05) is 25.1 Å². The van der Waals surface area contributed by atoms with Gasteiger partial charge < -0.3 is 5.73 Å². The lowest BCUT2D eigenvalue weighted by atomic mass is 10.0. The van der Waals surface area contributed by atoms with Crippen molar-refractivity contribution < 1.29 is 0 Å². The van der Waals surface area contributed by atoms with E-state index in [1.54, 1.807) is 11.3 Å². The zero-order valence-corrected chi connectivity index (χ0v) is 12.6. The van der Waals surface area contributed by atoms with Crippen molar-refractivity contribution in [3.05, 3.63) is 55.1 Å². The molecule has 0 radical (unpaired) electrons. The van der Waals surface area contributed by atoms with Crippen molar-refractivity contribution in [2.45, 2.75) is 19.4 Å². The predicted octanol–water partition coefficient (Wildman–Crippen LogP) is 4.71. The Morgan fingerprint density at radius 3 is 2.88 bits per heavy atom. The maximum atomic E-state index is 6.27. The average Bonchev–Trinajstić information content (AvgIpc) is 2.68. The molecule has 17 heavy (non-hydrogen) atoms. The summed E-state index contributed by atoms with van der Waals surface area (Å²) >= 11 is 11.4. The van der Waals surface area contributed by atoms with Gasteiger partial charge in [-0.25, -0.2) is 0 Å². The number of hydrogen-bond acceptors (Lipinski definition) is 2. The highest BCUT2D eigenvalue weighted by Gasteiger charge is 2.13. The van der Waals surface area contributed by atoms with E-state index in [9.17, 15) is 0 Å². The van der Waals surface area contributed by atoms with Crippen molar-refractivity contribution in [1.29, 1.82) is 0 Å². The van der Waals surface area contributed by atoms with Gasteiger partial charge in [0.15, 0.2) is 0 Å². The normalized spacial score (nSPS) is 12.7. The van der Waals surface area contributed by atoms with Gasteiger partial charge in [0.2, 0.25) is 0 Å². The Labute approximate surface area is 119 Å². The smallest absolute Gasteiger partial charge is 0.0483 e. The summed E-state index contributed by atoms with van der Waals surface area (Å²) in [6, 6.07) is 8.06. The lowest BCUT2D eigenvalue weighted by Gasteiger charge is -2.14. The van der Waals surface area contributed by atoms with Crippen molar-refractivity contribution >= 4 is 38.9 Å². The molecular weight excluding hydrogens is 318 g/mol. The van der Waals surface area contributed by atoms with Crippen LogP contribution in [0.4, 0.5) is 0 Å². The first kappa shape index (κ1) is 13.1. The molecule has 1 unspecified atom stereocenters. The summed E-state index contributed by atoms with van der Waals surface area (Å²) in [7, 11) is 0. The minimum Gasteiger partial charge on any atom is -0.324 e. The van der Waals surface area contributed by atoms with Crippen LogP contribution in [-0.4, -0.2) is 0 Å². The second kappa shape index (κ2) is 5.53. The van der Waals surface area contributed by atoms with Gasteiger partial charge >= 0.3 is 0 Å². The lowest BCUT2D eigenvalue weighted by molar-refractivity contribution is 0.729. The lowest BCUT2D eigenvalue weighted by Crippen LogP contribution is -2.13. The third-order valence-corrected chi connectivity index (χ3v) is 4.90. The highest BCUT2D eigenvalue weighted by atomic mass is 79.9. The van der Waals surface area contributed by atoms with Crippen LogP contribution in [0.1, 0.15) is 22.0 Å². The SMILES string of the molecule is Cc1cccc(C(N)Cc2cc(Br)cs2)c1Cl. The summed E-state index contributed by atoms with van der Waals surface area (Å²) in [5, 5.41) is 2.86. The molecule has 1 aromatic heterocycles. The van der Waals surface area contributed by atoms with Gasteiger partial charge in [0.05, 0.1) is 0 Å². The fraction of sp³-hybridized carbons (Fsp3) is 0.231. The molecule has 90 valence electrons. The maximum absolute atomic E-state index is 6.27. The van der Waals surface area contributed by atoms with Crippen molar-refractivity contribution in [2.75, 3.05) is 0 Å². The Morgan fingerprint density at radius 1 is 1.47 bits per heavy atom. The summed E-state index contributed by atoms with van der Waals surface area (Å²) in [5.74, 6) is 0. The molecule has 0 saturated heterocycles. The van der Waals surface area contributed by atoms with Crippen LogP contribution in [0.15, 0.2) is 34.1 Å². The van der Waals surface area contributed by atoms with Gasteiger partial charge in [-0.1, -0.05) is 29.8 Å². The molecule has 4 heteroatoms. The molecule has 2 rings (SSSR count). The predicted molar refractivity (Wildman–Crippen MR) is 78.8 cm³/mol. The molecule has 0 aliphatic carbocycles. The van der Waals surface area contributed by atoms with Crippen molar-refractivity contribution in [1.82, 2.24) is 0 Å². The monoisotopic (exact) mass is 329 g/mol. The zero-order chi connectivity index (χ0) is 12.4. The number of halogens is 2. The van der Waals surface area contributed by atoms with Crippen molar-refractivity contribution in [3.8, 4) is 0 Å². The molecule has 0 aliphatic rings. The van der Waals surface area contributed by atoms with Gasteiger partial charge in [0.25, 0.3) is 0 Å². The van der Waals surface area contributed by atoms with Crippen molar-refractivity contribution in [2.24, 2.45) is 5.73 Å². The summed E-state index contributed by atoms with van der Waals surface area (Å²) < 4.78 is 1.11. The zero-order valence-electron chi connectivity index (χ0n) is 9.41. The molecule has 2 N–H and O–H groups in total. The summed E-state index contributed by atoms with van der Waals surface area (Å²) in [6.07, 6.45) is 0.819. The van der Waals surface area contributed by atoms with Crippen LogP contribution in [0.2, 0.25) is 5.02 Å². The molecule has 1 atom stereocenters. The second-order valence-electron chi connectivity index (χ2n) is 4.02. The van der Waals surface area contributed by atoms with Crippen LogP contribution >= 0.6 is 38.9 Å². The topological polar surface area (TPSA) is 26.0 Å². The number of aryl methyl sites for hydroxylation is 1. The largest absolute Gasteiger partial charge is 0.324 e. The van der Waals surface area contributed by atoms with E-state index in [2.05, 4.69) is 27.4 Å². The number of benzene rings is 1. The van der Waals surface area contributed by atoms with Crippen LogP contribution in [0.3, 0.4) is 0 Å². The molecule has 0 aliphatic heterocycles. The van der Waals surface area contributed by atoms with E-state index in [1.165, 1.54) is 4.88 Å². The van der Waals surface area contributed by atoms with Gasteiger partial charge in [-0.15, -0.1) is 11.3 Å². The van der Waals surface area contributed by atoms with Crippen LogP contribution in [0.5, 0.6) is 0 Å². The highest BCUT2D eigenvalue weighted by molar-refractivity contribution is 9.10. The summed E-state index contributed by atoms with van der Waals surface area (Å²) in [6.45, 7) is 2.00. The highest BCUT2D eigenvalue weighted by Crippen LogP contribution is 2.29. The molecule has 2 aromatic rings.